The maximum Gasteiger partial charge on any atom is 0.244 e. The van der Waals surface area contributed by atoms with Crippen LogP contribution in [0.5, 0.6) is 0 Å². The van der Waals surface area contributed by atoms with Gasteiger partial charge >= 0.3 is 0 Å². The number of nitrogens with two attached hydrogens (primary N) is 1. The standard InChI is InChI=1S/C13H17N3OS/c1-4-13(3,14)12(17)16-9-5-6-10-11(7-9)18-8(2)15-10/h5-7H,4,14H2,1-3H3,(H,16,17). The third kappa shape index (κ3) is 2.52. The van der Waals surface area contributed by atoms with Gasteiger partial charge in [0.15, 0.2) is 0 Å². The number of anilines is 1. The van der Waals surface area contributed by atoms with Gasteiger partial charge in [0.2, 0.25) is 5.91 Å². The molecule has 18 heavy (non-hydrogen) atoms. The van der Waals surface area contributed by atoms with Crippen LogP contribution in [0.3, 0.4) is 0 Å². The molecule has 0 aliphatic carbocycles. The molecule has 1 amide bonds. The van der Waals surface area contributed by atoms with Crippen LogP contribution in [-0.2, 0) is 4.79 Å². The predicted molar refractivity (Wildman–Crippen MR) is 75.9 cm³/mol. The molecule has 0 aliphatic heterocycles. The molecule has 1 heterocycles. The second kappa shape index (κ2) is 4.66. The molecule has 0 saturated heterocycles. The van der Waals surface area contributed by atoms with Gasteiger partial charge in [0.25, 0.3) is 0 Å². The minimum atomic E-state index is -0.835. The Labute approximate surface area is 110 Å². The molecule has 0 spiro atoms. The number of fused-ring (bicyclic) bond motifs is 1. The van der Waals surface area contributed by atoms with Crippen molar-refractivity contribution < 1.29 is 4.79 Å². The summed E-state index contributed by atoms with van der Waals surface area (Å²) in [4.78, 5) is 16.3. The van der Waals surface area contributed by atoms with E-state index in [0.29, 0.717) is 6.42 Å². The number of aromatic nitrogens is 1. The third-order valence-corrected chi connectivity index (χ3v) is 3.94. The molecule has 0 aliphatic rings. The first-order chi connectivity index (χ1) is 8.42. The second-order valence-corrected chi connectivity index (χ2v) is 5.88. The van der Waals surface area contributed by atoms with Gasteiger partial charge in [-0.2, -0.15) is 0 Å². The van der Waals surface area contributed by atoms with E-state index in [1.165, 1.54) is 0 Å². The van der Waals surface area contributed by atoms with Gasteiger partial charge in [-0.3, -0.25) is 4.79 Å². The minimum absolute atomic E-state index is 0.161. The third-order valence-electron chi connectivity index (χ3n) is 3.01. The molecule has 1 aromatic carbocycles. The van der Waals surface area contributed by atoms with Crippen LogP contribution >= 0.6 is 11.3 Å². The summed E-state index contributed by atoms with van der Waals surface area (Å²) in [6.07, 6.45) is 0.598. The Kier molecular flexibility index (Phi) is 3.36. The molecule has 1 atom stereocenters. The van der Waals surface area contributed by atoms with Crippen molar-refractivity contribution in [1.82, 2.24) is 4.98 Å². The number of hydrogen-bond acceptors (Lipinski definition) is 4. The molecule has 1 aromatic heterocycles. The lowest BCUT2D eigenvalue weighted by Gasteiger charge is -2.21. The van der Waals surface area contributed by atoms with Crippen molar-refractivity contribution in [2.24, 2.45) is 5.73 Å². The largest absolute Gasteiger partial charge is 0.324 e. The van der Waals surface area contributed by atoms with Gasteiger partial charge in [-0.1, -0.05) is 6.92 Å². The number of carbonyl (C=O) groups excluding carboxylic acids is 1. The Morgan fingerprint density at radius 3 is 2.94 bits per heavy atom. The minimum Gasteiger partial charge on any atom is -0.324 e. The van der Waals surface area contributed by atoms with E-state index < -0.39 is 5.54 Å². The molecule has 1 unspecified atom stereocenters. The zero-order chi connectivity index (χ0) is 13.3. The molecular weight excluding hydrogens is 246 g/mol. The fourth-order valence-corrected chi connectivity index (χ4v) is 2.42. The van der Waals surface area contributed by atoms with Crippen LogP contribution in [0.25, 0.3) is 10.2 Å². The normalized spacial score (nSPS) is 14.4. The Hall–Kier alpha value is -1.46. The Morgan fingerprint density at radius 1 is 1.56 bits per heavy atom. The van der Waals surface area contributed by atoms with Crippen molar-refractivity contribution in [1.29, 1.82) is 0 Å². The van der Waals surface area contributed by atoms with Gasteiger partial charge in [0.05, 0.1) is 20.8 Å². The zero-order valence-corrected chi connectivity index (χ0v) is 11.6. The highest BCUT2D eigenvalue weighted by Crippen LogP contribution is 2.25. The number of rotatable bonds is 3. The molecule has 96 valence electrons. The maximum absolute atomic E-state index is 12.0. The van der Waals surface area contributed by atoms with Crippen LogP contribution in [0, 0.1) is 6.92 Å². The Morgan fingerprint density at radius 2 is 2.28 bits per heavy atom. The van der Waals surface area contributed by atoms with Crippen LogP contribution in [0.15, 0.2) is 18.2 Å². The number of amides is 1. The van der Waals surface area contributed by atoms with Gasteiger partial charge in [0, 0.05) is 5.69 Å². The lowest BCUT2D eigenvalue weighted by molar-refractivity contribution is -0.120. The van der Waals surface area contributed by atoms with E-state index in [9.17, 15) is 4.79 Å². The SMILES string of the molecule is CCC(C)(N)C(=O)Nc1ccc2nc(C)sc2c1. The Bertz CT molecular complexity index is 589. The van der Waals surface area contributed by atoms with Crippen molar-refractivity contribution in [3.63, 3.8) is 0 Å². The lowest BCUT2D eigenvalue weighted by atomic mass is 9.99. The van der Waals surface area contributed by atoms with E-state index in [-0.39, 0.29) is 5.91 Å². The number of nitrogens with zero attached hydrogens (tertiary/aromatic N) is 1. The van der Waals surface area contributed by atoms with E-state index >= 15 is 0 Å². The summed E-state index contributed by atoms with van der Waals surface area (Å²) in [5, 5.41) is 3.87. The number of benzene rings is 1. The number of thiazole rings is 1. The van der Waals surface area contributed by atoms with Gasteiger partial charge in [-0.05, 0) is 38.5 Å². The van der Waals surface area contributed by atoms with Gasteiger partial charge < -0.3 is 11.1 Å². The maximum atomic E-state index is 12.0. The van der Waals surface area contributed by atoms with Crippen molar-refractivity contribution >= 4 is 33.1 Å². The highest BCUT2D eigenvalue weighted by Gasteiger charge is 2.25. The highest BCUT2D eigenvalue weighted by molar-refractivity contribution is 7.18. The van der Waals surface area contributed by atoms with E-state index in [2.05, 4.69) is 10.3 Å². The van der Waals surface area contributed by atoms with Crippen LogP contribution < -0.4 is 11.1 Å². The van der Waals surface area contributed by atoms with Crippen LogP contribution in [0.2, 0.25) is 0 Å². The summed E-state index contributed by atoms with van der Waals surface area (Å²) >= 11 is 1.61. The Balaban J connectivity index is 2.24. The number of nitrogens with one attached hydrogen (secondary N) is 1. The molecule has 3 N–H and O–H groups in total. The number of aryl methyl sites for hydroxylation is 1. The molecule has 2 aromatic rings. The molecule has 2 rings (SSSR count). The lowest BCUT2D eigenvalue weighted by Crippen LogP contribution is -2.47. The smallest absolute Gasteiger partial charge is 0.244 e. The zero-order valence-electron chi connectivity index (χ0n) is 10.8. The topological polar surface area (TPSA) is 68.0 Å². The molecule has 0 bridgehead atoms. The quantitative estimate of drug-likeness (QED) is 0.894. The molecule has 0 radical (unpaired) electrons. The second-order valence-electron chi connectivity index (χ2n) is 4.64. The van der Waals surface area contributed by atoms with Gasteiger partial charge in [-0.15, -0.1) is 11.3 Å². The molecular formula is C13H17N3OS. The molecule has 0 fully saturated rings. The molecule has 0 saturated carbocycles. The van der Waals surface area contributed by atoms with Crippen molar-refractivity contribution in [2.75, 3.05) is 5.32 Å². The van der Waals surface area contributed by atoms with Crippen LogP contribution in [-0.4, -0.2) is 16.4 Å². The molecule has 4 nitrogen and oxygen atoms in total. The van der Waals surface area contributed by atoms with Crippen molar-refractivity contribution in [2.45, 2.75) is 32.7 Å². The summed E-state index contributed by atoms with van der Waals surface area (Å²) in [5.74, 6) is -0.161. The highest BCUT2D eigenvalue weighted by atomic mass is 32.1. The first-order valence-electron chi connectivity index (χ1n) is 5.90. The fraction of sp³-hybridized carbons (Fsp3) is 0.385. The van der Waals surface area contributed by atoms with E-state index in [0.717, 1.165) is 20.9 Å². The number of hydrogen-bond donors (Lipinski definition) is 2. The fourth-order valence-electron chi connectivity index (χ4n) is 1.55. The summed E-state index contributed by atoms with van der Waals surface area (Å²) in [6, 6.07) is 5.70. The first kappa shape index (κ1) is 13.0. The van der Waals surface area contributed by atoms with Gasteiger partial charge in [0.1, 0.15) is 0 Å². The molecule has 5 heteroatoms. The van der Waals surface area contributed by atoms with Gasteiger partial charge in [-0.25, -0.2) is 4.98 Å². The average Bonchev–Trinajstić information content (AvgIpc) is 2.68. The first-order valence-corrected chi connectivity index (χ1v) is 6.71. The number of carbonyl (C=O) groups is 1. The van der Waals surface area contributed by atoms with E-state index in [1.807, 2.05) is 32.0 Å². The van der Waals surface area contributed by atoms with E-state index in [1.54, 1.807) is 18.3 Å². The summed E-state index contributed by atoms with van der Waals surface area (Å²) in [6.45, 7) is 5.60. The average molecular weight is 263 g/mol. The van der Waals surface area contributed by atoms with E-state index in [4.69, 9.17) is 5.73 Å². The summed E-state index contributed by atoms with van der Waals surface area (Å²) in [7, 11) is 0. The van der Waals surface area contributed by atoms with Crippen LogP contribution in [0.1, 0.15) is 25.3 Å². The summed E-state index contributed by atoms with van der Waals surface area (Å²) < 4.78 is 1.07. The van der Waals surface area contributed by atoms with Crippen LogP contribution in [0.4, 0.5) is 5.69 Å². The van der Waals surface area contributed by atoms with Crippen molar-refractivity contribution in [3.8, 4) is 0 Å². The predicted octanol–water partition coefficient (Wildman–Crippen LogP) is 2.67. The van der Waals surface area contributed by atoms with Crippen molar-refractivity contribution in [3.05, 3.63) is 23.2 Å². The monoisotopic (exact) mass is 263 g/mol. The summed E-state index contributed by atoms with van der Waals surface area (Å²) in [5.41, 5.74) is 6.79.